The number of ether oxygens (including phenoxy) is 1. The average Bonchev–Trinajstić information content (AvgIpc) is 2.69. The van der Waals surface area contributed by atoms with Crippen LogP contribution in [0.5, 0.6) is 5.75 Å². The molecule has 0 saturated carbocycles. The molecule has 0 radical (unpaired) electrons. The predicted octanol–water partition coefficient (Wildman–Crippen LogP) is 4.34. The van der Waals surface area contributed by atoms with Gasteiger partial charge in [0.1, 0.15) is 11.6 Å². The van der Waals surface area contributed by atoms with E-state index >= 15 is 0 Å². The number of rotatable bonds is 5. The number of anilines is 2. The quantitative estimate of drug-likeness (QED) is 0.708. The Morgan fingerprint density at radius 3 is 1.78 bits per heavy atom. The van der Waals surface area contributed by atoms with Crippen LogP contribution in [0.3, 0.4) is 0 Å². The van der Waals surface area contributed by atoms with Crippen molar-refractivity contribution in [2.45, 2.75) is 0 Å². The number of benzene rings is 3. The summed E-state index contributed by atoms with van der Waals surface area (Å²) in [6.45, 7) is 0. The maximum atomic E-state index is 14.8. The number of methoxy groups -OCH3 is 1. The van der Waals surface area contributed by atoms with Gasteiger partial charge in [0.2, 0.25) is 0 Å². The number of amides is 2. The van der Waals surface area contributed by atoms with Crippen molar-refractivity contribution in [2.75, 3.05) is 17.7 Å². The number of halogens is 1. The molecule has 2 N–H and O–H groups in total. The molecule has 2 amide bonds. The Hall–Kier alpha value is -3.67. The van der Waals surface area contributed by atoms with E-state index in [-0.39, 0.29) is 11.1 Å². The normalized spacial score (nSPS) is 10.1. The van der Waals surface area contributed by atoms with Crippen molar-refractivity contribution in [1.82, 2.24) is 0 Å². The van der Waals surface area contributed by atoms with Gasteiger partial charge in [-0.05, 0) is 48.5 Å². The standard InChI is InChI=1S/C21H17FN2O3/c1-27-16-12-10-15(11-13-16)24-21(26)18-9-5-8-17(19(18)22)20(25)23-14-6-3-2-4-7-14/h2-13H,1H3,(H,23,25)(H,24,26). The molecule has 0 aliphatic rings. The summed E-state index contributed by atoms with van der Waals surface area (Å²) in [6, 6.07) is 19.5. The van der Waals surface area contributed by atoms with Gasteiger partial charge in [-0.2, -0.15) is 0 Å². The van der Waals surface area contributed by atoms with Crippen molar-refractivity contribution >= 4 is 23.2 Å². The Balaban J connectivity index is 1.79. The zero-order valence-electron chi connectivity index (χ0n) is 14.5. The lowest BCUT2D eigenvalue weighted by Gasteiger charge is -2.10. The summed E-state index contributed by atoms with van der Waals surface area (Å²) in [7, 11) is 1.54. The highest BCUT2D eigenvalue weighted by molar-refractivity contribution is 6.09. The maximum Gasteiger partial charge on any atom is 0.258 e. The van der Waals surface area contributed by atoms with E-state index < -0.39 is 17.6 Å². The Morgan fingerprint density at radius 2 is 1.26 bits per heavy atom. The van der Waals surface area contributed by atoms with E-state index in [0.717, 1.165) is 0 Å². The molecule has 0 saturated heterocycles. The van der Waals surface area contributed by atoms with Gasteiger partial charge in [-0.15, -0.1) is 0 Å². The van der Waals surface area contributed by atoms with Gasteiger partial charge in [-0.1, -0.05) is 24.3 Å². The molecule has 27 heavy (non-hydrogen) atoms. The van der Waals surface area contributed by atoms with Crippen LogP contribution in [0.1, 0.15) is 20.7 Å². The van der Waals surface area contributed by atoms with Crippen LogP contribution in [0, 0.1) is 5.82 Å². The van der Waals surface area contributed by atoms with Crippen LogP contribution < -0.4 is 15.4 Å². The van der Waals surface area contributed by atoms with Crippen molar-refractivity contribution in [3.63, 3.8) is 0 Å². The number of hydrogen-bond acceptors (Lipinski definition) is 3. The Morgan fingerprint density at radius 1 is 0.741 bits per heavy atom. The van der Waals surface area contributed by atoms with Crippen molar-refractivity contribution < 1.29 is 18.7 Å². The molecule has 6 heteroatoms. The smallest absolute Gasteiger partial charge is 0.258 e. The van der Waals surface area contributed by atoms with E-state index in [4.69, 9.17) is 4.74 Å². The molecule has 0 bridgehead atoms. The molecule has 0 heterocycles. The molecule has 0 atom stereocenters. The third-order valence-corrected chi connectivity index (χ3v) is 3.87. The highest BCUT2D eigenvalue weighted by Crippen LogP contribution is 2.19. The third-order valence-electron chi connectivity index (χ3n) is 3.87. The summed E-state index contributed by atoms with van der Waals surface area (Å²) in [5.41, 5.74) is 0.599. The SMILES string of the molecule is COc1ccc(NC(=O)c2cccc(C(=O)Nc3ccccc3)c2F)cc1. The molecule has 0 unspecified atom stereocenters. The molecule has 3 aromatic carbocycles. The number of carbonyl (C=O) groups excluding carboxylic acids is 2. The van der Waals surface area contributed by atoms with Crippen molar-refractivity contribution in [3.05, 3.63) is 89.7 Å². The predicted molar refractivity (Wildman–Crippen MR) is 102 cm³/mol. The zero-order chi connectivity index (χ0) is 19.2. The Bertz CT molecular complexity index is 957. The average molecular weight is 364 g/mol. The third kappa shape index (κ3) is 4.30. The van der Waals surface area contributed by atoms with E-state index in [1.807, 2.05) is 0 Å². The van der Waals surface area contributed by atoms with Gasteiger partial charge in [-0.25, -0.2) is 4.39 Å². The molecular weight excluding hydrogens is 347 g/mol. The first-order valence-electron chi connectivity index (χ1n) is 8.19. The molecule has 0 aliphatic heterocycles. The van der Waals surface area contributed by atoms with Gasteiger partial charge < -0.3 is 15.4 Å². The lowest BCUT2D eigenvalue weighted by atomic mass is 10.1. The van der Waals surface area contributed by atoms with Crippen LogP contribution in [0.15, 0.2) is 72.8 Å². The molecule has 0 fully saturated rings. The number of carbonyl (C=O) groups is 2. The highest BCUT2D eigenvalue weighted by Gasteiger charge is 2.19. The van der Waals surface area contributed by atoms with Crippen LogP contribution in [-0.2, 0) is 0 Å². The van der Waals surface area contributed by atoms with E-state index in [1.54, 1.807) is 54.6 Å². The van der Waals surface area contributed by atoms with Crippen LogP contribution in [0.2, 0.25) is 0 Å². The van der Waals surface area contributed by atoms with Crippen LogP contribution in [-0.4, -0.2) is 18.9 Å². The minimum Gasteiger partial charge on any atom is -0.497 e. The molecule has 3 rings (SSSR count). The Kier molecular flexibility index (Phi) is 5.47. The molecule has 0 spiro atoms. The molecule has 0 aliphatic carbocycles. The summed E-state index contributed by atoms with van der Waals surface area (Å²) >= 11 is 0. The molecule has 136 valence electrons. The van der Waals surface area contributed by atoms with Crippen molar-refractivity contribution in [2.24, 2.45) is 0 Å². The number of para-hydroxylation sites is 1. The fraction of sp³-hybridized carbons (Fsp3) is 0.0476. The van der Waals surface area contributed by atoms with Gasteiger partial charge >= 0.3 is 0 Å². The second-order valence-electron chi connectivity index (χ2n) is 5.67. The number of hydrogen-bond donors (Lipinski definition) is 2. The van der Waals surface area contributed by atoms with Gasteiger partial charge in [-0.3, -0.25) is 9.59 Å². The zero-order valence-corrected chi connectivity index (χ0v) is 14.5. The monoisotopic (exact) mass is 364 g/mol. The van der Waals surface area contributed by atoms with E-state index in [0.29, 0.717) is 17.1 Å². The first-order valence-corrected chi connectivity index (χ1v) is 8.19. The second kappa shape index (κ2) is 8.14. The van der Waals surface area contributed by atoms with Crippen LogP contribution >= 0.6 is 0 Å². The Labute approximate surface area is 155 Å². The lowest BCUT2D eigenvalue weighted by Crippen LogP contribution is -2.19. The second-order valence-corrected chi connectivity index (χ2v) is 5.67. The van der Waals surface area contributed by atoms with Gasteiger partial charge in [0.25, 0.3) is 11.8 Å². The van der Waals surface area contributed by atoms with E-state index in [2.05, 4.69) is 10.6 Å². The van der Waals surface area contributed by atoms with E-state index in [9.17, 15) is 14.0 Å². The molecule has 5 nitrogen and oxygen atoms in total. The first kappa shape index (κ1) is 18.1. The fourth-order valence-corrected chi connectivity index (χ4v) is 2.48. The summed E-state index contributed by atoms with van der Waals surface area (Å²) in [4.78, 5) is 24.8. The topological polar surface area (TPSA) is 67.4 Å². The minimum atomic E-state index is -0.878. The number of nitrogens with one attached hydrogen (secondary N) is 2. The van der Waals surface area contributed by atoms with Crippen molar-refractivity contribution in [3.8, 4) is 5.75 Å². The van der Waals surface area contributed by atoms with Gasteiger partial charge in [0, 0.05) is 11.4 Å². The maximum absolute atomic E-state index is 14.8. The summed E-state index contributed by atoms with van der Waals surface area (Å²) < 4.78 is 19.8. The summed E-state index contributed by atoms with van der Waals surface area (Å²) in [6.07, 6.45) is 0. The fourth-order valence-electron chi connectivity index (χ4n) is 2.48. The summed E-state index contributed by atoms with van der Waals surface area (Å²) in [5.74, 6) is -1.51. The summed E-state index contributed by atoms with van der Waals surface area (Å²) in [5, 5.41) is 5.20. The van der Waals surface area contributed by atoms with Gasteiger partial charge in [0.15, 0.2) is 0 Å². The lowest BCUT2D eigenvalue weighted by molar-refractivity contribution is 0.102. The van der Waals surface area contributed by atoms with Crippen LogP contribution in [0.4, 0.5) is 15.8 Å². The molecular formula is C21H17FN2O3. The highest BCUT2D eigenvalue weighted by atomic mass is 19.1. The molecule has 3 aromatic rings. The van der Waals surface area contributed by atoms with Crippen LogP contribution in [0.25, 0.3) is 0 Å². The molecule has 0 aromatic heterocycles. The first-order chi connectivity index (χ1) is 13.1. The minimum absolute atomic E-state index is 0.207. The van der Waals surface area contributed by atoms with Gasteiger partial charge in [0.05, 0.1) is 18.2 Å². The van der Waals surface area contributed by atoms with Crippen molar-refractivity contribution in [1.29, 1.82) is 0 Å². The largest absolute Gasteiger partial charge is 0.497 e. The van der Waals surface area contributed by atoms with E-state index in [1.165, 1.54) is 25.3 Å².